The van der Waals surface area contributed by atoms with Gasteiger partial charge in [-0.15, -0.1) is 0 Å². The number of nitrogens with zero attached hydrogens (tertiary/aromatic N) is 3. The zero-order valence-corrected chi connectivity index (χ0v) is 16.0. The molecule has 8 heteroatoms. The number of amides is 1. The predicted octanol–water partition coefficient (Wildman–Crippen LogP) is 3.23. The topological polar surface area (TPSA) is 80.2 Å². The van der Waals surface area contributed by atoms with Crippen LogP contribution in [-0.4, -0.2) is 39.6 Å². The van der Waals surface area contributed by atoms with Crippen molar-refractivity contribution in [3.8, 4) is 0 Å². The number of carbonyl (C=O) groups is 2. The van der Waals surface area contributed by atoms with Gasteiger partial charge in [-0.1, -0.05) is 6.07 Å². The molecule has 1 N–H and O–H groups in total. The largest absolute Gasteiger partial charge is 0.466 e. The van der Waals surface area contributed by atoms with Crippen LogP contribution in [0.4, 0.5) is 5.82 Å². The second-order valence-corrected chi connectivity index (χ2v) is 6.31. The summed E-state index contributed by atoms with van der Waals surface area (Å²) in [5.41, 5.74) is 2.17. The van der Waals surface area contributed by atoms with Crippen LogP contribution in [0.1, 0.15) is 23.7 Å². The molecule has 27 heavy (non-hydrogen) atoms. The third-order valence-electron chi connectivity index (χ3n) is 4.17. The number of ether oxygens (including phenoxy) is 1. The Morgan fingerprint density at radius 2 is 2.11 bits per heavy atom. The highest BCUT2D eigenvalue weighted by Crippen LogP contribution is 2.19. The van der Waals surface area contributed by atoms with E-state index in [1.54, 1.807) is 43.5 Å². The van der Waals surface area contributed by atoms with Gasteiger partial charge in [-0.05, 0) is 49.5 Å². The van der Waals surface area contributed by atoms with Crippen molar-refractivity contribution in [2.75, 3.05) is 18.1 Å². The lowest BCUT2D eigenvalue weighted by Gasteiger charge is -2.21. The van der Waals surface area contributed by atoms with Crippen LogP contribution in [0.5, 0.6) is 0 Å². The maximum absolute atomic E-state index is 13.1. The molecule has 2 aromatic heterocycles. The Labute approximate surface area is 161 Å². The molecule has 1 aromatic carbocycles. The number of imidazole rings is 1. The predicted molar refractivity (Wildman–Crippen MR) is 105 cm³/mol. The van der Waals surface area contributed by atoms with Gasteiger partial charge < -0.3 is 14.3 Å². The van der Waals surface area contributed by atoms with Gasteiger partial charge in [0.1, 0.15) is 5.82 Å². The maximum atomic E-state index is 13.1. The fourth-order valence-corrected chi connectivity index (χ4v) is 3.00. The fraction of sp³-hybridized carbons (Fsp3) is 0.263. The number of pyridine rings is 1. The summed E-state index contributed by atoms with van der Waals surface area (Å²) in [7, 11) is 1.86. The van der Waals surface area contributed by atoms with Crippen molar-refractivity contribution in [1.82, 2.24) is 14.5 Å². The van der Waals surface area contributed by atoms with E-state index in [2.05, 4.69) is 9.97 Å². The summed E-state index contributed by atoms with van der Waals surface area (Å²) in [4.78, 5) is 33.7. The van der Waals surface area contributed by atoms with Crippen LogP contribution in [0, 0.1) is 4.77 Å². The van der Waals surface area contributed by atoms with E-state index in [-0.39, 0.29) is 24.8 Å². The second-order valence-electron chi connectivity index (χ2n) is 5.92. The average Bonchev–Trinajstić information content (AvgIpc) is 2.96. The molecule has 0 saturated carbocycles. The first-order valence-corrected chi connectivity index (χ1v) is 8.99. The van der Waals surface area contributed by atoms with Crippen molar-refractivity contribution in [2.24, 2.45) is 7.05 Å². The molecule has 7 nitrogen and oxygen atoms in total. The number of aryl methyl sites for hydroxylation is 1. The molecule has 3 aromatic rings. The number of hydrogen-bond acceptors (Lipinski definition) is 5. The van der Waals surface area contributed by atoms with E-state index in [1.165, 1.54) is 4.90 Å². The smallest absolute Gasteiger partial charge is 0.307 e. The minimum absolute atomic E-state index is 0.0895. The van der Waals surface area contributed by atoms with E-state index < -0.39 is 0 Å². The highest BCUT2D eigenvalue weighted by atomic mass is 32.1. The summed E-state index contributed by atoms with van der Waals surface area (Å²) in [6, 6.07) is 10.6. The molecule has 0 aliphatic rings. The lowest BCUT2D eigenvalue weighted by Crippen LogP contribution is -2.34. The van der Waals surface area contributed by atoms with Crippen molar-refractivity contribution >= 4 is 40.9 Å². The van der Waals surface area contributed by atoms with Crippen molar-refractivity contribution in [1.29, 1.82) is 0 Å². The molecule has 0 unspecified atom stereocenters. The fourth-order valence-electron chi connectivity index (χ4n) is 2.80. The molecule has 0 radical (unpaired) electrons. The molecule has 0 aliphatic carbocycles. The van der Waals surface area contributed by atoms with Crippen LogP contribution in [-0.2, 0) is 16.6 Å². The minimum atomic E-state index is -0.353. The summed E-state index contributed by atoms with van der Waals surface area (Å²) in [6.45, 7) is 2.23. The van der Waals surface area contributed by atoms with Crippen LogP contribution >= 0.6 is 12.2 Å². The standard InChI is InChI=1S/C19H20N4O3S/c1-3-26-17(24)9-11-23(16-6-4-5-10-20-16)18(25)13-7-8-15-14(12-13)21-19(27)22(15)2/h4-8,10,12H,3,9,11H2,1-2H3,(H,21,27). The van der Waals surface area contributed by atoms with E-state index in [0.29, 0.717) is 22.8 Å². The van der Waals surface area contributed by atoms with Crippen molar-refractivity contribution in [2.45, 2.75) is 13.3 Å². The van der Waals surface area contributed by atoms with Gasteiger partial charge in [0.2, 0.25) is 0 Å². The number of rotatable bonds is 6. The number of aromatic nitrogens is 3. The van der Waals surface area contributed by atoms with E-state index in [0.717, 1.165) is 11.0 Å². The molecule has 0 aliphatic heterocycles. The first-order chi connectivity index (χ1) is 13.0. The van der Waals surface area contributed by atoms with Crippen molar-refractivity contribution in [3.05, 3.63) is 52.9 Å². The highest BCUT2D eigenvalue weighted by Gasteiger charge is 2.21. The Hall–Kier alpha value is -3.00. The van der Waals surface area contributed by atoms with E-state index in [9.17, 15) is 9.59 Å². The van der Waals surface area contributed by atoms with E-state index in [4.69, 9.17) is 17.0 Å². The van der Waals surface area contributed by atoms with Gasteiger partial charge in [0.15, 0.2) is 4.77 Å². The summed E-state index contributed by atoms with van der Waals surface area (Å²) < 4.78 is 7.40. The van der Waals surface area contributed by atoms with Crippen LogP contribution in [0.3, 0.4) is 0 Å². The molecular formula is C19H20N4O3S. The van der Waals surface area contributed by atoms with Crippen molar-refractivity contribution in [3.63, 3.8) is 0 Å². The Bertz CT molecular complexity index is 1030. The second kappa shape index (κ2) is 8.13. The van der Waals surface area contributed by atoms with Crippen LogP contribution in [0.15, 0.2) is 42.6 Å². The third kappa shape index (κ3) is 4.06. The number of fused-ring (bicyclic) bond motifs is 1. The van der Waals surface area contributed by atoms with Gasteiger partial charge >= 0.3 is 5.97 Å². The lowest BCUT2D eigenvalue weighted by molar-refractivity contribution is -0.142. The number of anilines is 1. The summed E-state index contributed by atoms with van der Waals surface area (Å²) in [6.07, 6.45) is 1.70. The number of hydrogen-bond donors (Lipinski definition) is 1. The summed E-state index contributed by atoms with van der Waals surface area (Å²) in [5.74, 6) is -0.121. The molecule has 1 amide bonds. The molecule has 3 rings (SSSR count). The van der Waals surface area contributed by atoms with Gasteiger partial charge in [-0.2, -0.15) is 0 Å². The van der Waals surface area contributed by atoms with Crippen molar-refractivity contribution < 1.29 is 14.3 Å². The number of aromatic amines is 1. The Morgan fingerprint density at radius 3 is 2.81 bits per heavy atom. The first-order valence-electron chi connectivity index (χ1n) is 8.58. The normalized spacial score (nSPS) is 10.7. The maximum Gasteiger partial charge on any atom is 0.307 e. The van der Waals surface area contributed by atoms with Crippen LogP contribution in [0.25, 0.3) is 11.0 Å². The molecule has 140 valence electrons. The van der Waals surface area contributed by atoms with Gasteiger partial charge in [-0.25, -0.2) is 4.98 Å². The molecule has 0 spiro atoms. The lowest BCUT2D eigenvalue weighted by atomic mass is 10.1. The first kappa shape index (κ1) is 18.8. The molecule has 0 atom stereocenters. The number of carbonyl (C=O) groups excluding carboxylic acids is 2. The number of benzene rings is 1. The van der Waals surface area contributed by atoms with E-state index >= 15 is 0 Å². The average molecular weight is 384 g/mol. The minimum Gasteiger partial charge on any atom is -0.466 e. The summed E-state index contributed by atoms with van der Waals surface area (Å²) in [5, 5.41) is 0. The molecular weight excluding hydrogens is 364 g/mol. The Morgan fingerprint density at radius 1 is 1.30 bits per heavy atom. The van der Waals surface area contributed by atoms with Gasteiger partial charge in [-0.3, -0.25) is 14.5 Å². The zero-order valence-electron chi connectivity index (χ0n) is 15.1. The van der Waals surface area contributed by atoms with Crippen LogP contribution < -0.4 is 4.90 Å². The molecule has 0 fully saturated rings. The molecule has 0 saturated heterocycles. The van der Waals surface area contributed by atoms with E-state index in [1.807, 2.05) is 17.7 Å². The monoisotopic (exact) mass is 384 g/mol. The Kier molecular flexibility index (Phi) is 5.66. The quantitative estimate of drug-likeness (QED) is 0.521. The number of nitrogens with one attached hydrogen (secondary N) is 1. The molecule has 2 heterocycles. The Balaban J connectivity index is 1.92. The van der Waals surface area contributed by atoms with Gasteiger partial charge in [0.05, 0.1) is 24.1 Å². The molecule has 0 bridgehead atoms. The SMILES string of the molecule is CCOC(=O)CCN(C(=O)c1ccc2c(c1)[nH]c(=S)n2C)c1ccccn1. The van der Waals surface area contributed by atoms with Gasteiger partial charge in [0.25, 0.3) is 5.91 Å². The number of H-pyrrole nitrogens is 1. The summed E-state index contributed by atoms with van der Waals surface area (Å²) >= 11 is 5.24. The number of esters is 1. The zero-order chi connectivity index (χ0) is 19.4. The van der Waals surface area contributed by atoms with Crippen LogP contribution in [0.2, 0.25) is 0 Å². The third-order valence-corrected chi connectivity index (χ3v) is 4.54. The van der Waals surface area contributed by atoms with Gasteiger partial charge in [0, 0.05) is 25.4 Å². The highest BCUT2D eigenvalue weighted by molar-refractivity contribution is 7.71.